The zero-order valence-electron chi connectivity index (χ0n) is 24.6. The van der Waals surface area contributed by atoms with Crippen LogP contribution in [-0.4, -0.2) is 44.9 Å². The molecule has 8 nitrogen and oxygen atoms in total. The molecule has 2 aromatic heterocycles. The van der Waals surface area contributed by atoms with Crippen LogP contribution in [0.2, 0.25) is 0 Å². The maximum Gasteiger partial charge on any atom is 0.413 e. The number of ether oxygens (including phenoxy) is 1. The molecule has 0 spiro atoms. The number of carbonyl (C=O) groups is 1. The SMILES string of the molecule is CC(C)(F)c1nc(C23CCC(C(C4CC(F)(F)C4)N(C(=O)O)c4cc(-c5ccc(OC(F)F)cc5)c(F)cn4)(CC2)CC3)no1. The van der Waals surface area contributed by atoms with Gasteiger partial charge in [0.15, 0.2) is 11.5 Å². The van der Waals surface area contributed by atoms with Gasteiger partial charge in [-0.05, 0) is 87.5 Å². The summed E-state index contributed by atoms with van der Waals surface area (Å²) in [6.07, 6.45) is 1.49. The number of nitrogens with zero attached hydrogens (tertiary/aromatic N) is 4. The van der Waals surface area contributed by atoms with Gasteiger partial charge in [-0.2, -0.15) is 13.8 Å². The number of pyridine rings is 1. The summed E-state index contributed by atoms with van der Waals surface area (Å²) in [6.45, 7) is -0.406. The number of carboxylic acid groups (broad SMARTS) is 1. The van der Waals surface area contributed by atoms with Crippen LogP contribution in [0, 0.1) is 17.2 Å². The van der Waals surface area contributed by atoms with E-state index in [4.69, 9.17) is 4.52 Å². The van der Waals surface area contributed by atoms with Crippen LogP contribution in [0.4, 0.5) is 37.0 Å². The lowest BCUT2D eigenvalue weighted by Gasteiger charge is -2.60. The summed E-state index contributed by atoms with van der Waals surface area (Å²) in [5, 5.41) is 14.6. The Bertz CT molecular complexity index is 1540. The van der Waals surface area contributed by atoms with Crippen molar-refractivity contribution in [2.45, 2.75) is 94.9 Å². The van der Waals surface area contributed by atoms with E-state index in [2.05, 4.69) is 19.9 Å². The number of aromatic nitrogens is 3. The molecular weight excluding hydrogens is 606 g/mol. The number of anilines is 1. The number of benzene rings is 1. The Kier molecular flexibility index (Phi) is 7.55. The maximum absolute atomic E-state index is 15.0. The van der Waals surface area contributed by atoms with Crippen molar-refractivity contribution in [3.63, 3.8) is 0 Å². The predicted molar refractivity (Wildman–Crippen MR) is 148 cm³/mol. The van der Waals surface area contributed by atoms with Gasteiger partial charge in [-0.1, -0.05) is 17.3 Å². The molecule has 242 valence electrons. The summed E-state index contributed by atoms with van der Waals surface area (Å²) in [7, 11) is 0. The fourth-order valence-corrected chi connectivity index (χ4v) is 7.55. The summed E-state index contributed by atoms with van der Waals surface area (Å²) in [4.78, 5) is 22.4. The number of hydrogen-bond acceptors (Lipinski definition) is 6. The maximum atomic E-state index is 15.0. The largest absolute Gasteiger partial charge is 0.465 e. The number of alkyl halides is 5. The van der Waals surface area contributed by atoms with Crippen molar-refractivity contribution in [3.8, 4) is 16.9 Å². The van der Waals surface area contributed by atoms with E-state index in [0.29, 0.717) is 44.3 Å². The third-order valence-electron chi connectivity index (χ3n) is 9.87. The van der Waals surface area contributed by atoms with Crippen molar-refractivity contribution in [2.24, 2.45) is 11.3 Å². The average Bonchev–Trinajstić information content (AvgIpc) is 3.49. The van der Waals surface area contributed by atoms with Gasteiger partial charge < -0.3 is 14.4 Å². The highest BCUT2D eigenvalue weighted by Gasteiger charge is 2.62. The number of hydrogen-bond donors (Lipinski definition) is 1. The van der Waals surface area contributed by atoms with Gasteiger partial charge in [-0.3, -0.25) is 4.90 Å². The van der Waals surface area contributed by atoms with Crippen LogP contribution in [-0.2, 0) is 11.1 Å². The van der Waals surface area contributed by atoms with Gasteiger partial charge in [0.05, 0.1) is 12.2 Å². The van der Waals surface area contributed by atoms with Crippen molar-refractivity contribution in [1.82, 2.24) is 15.1 Å². The smallest absolute Gasteiger partial charge is 0.413 e. The molecule has 4 aliphatic carbocycles. The normalized spacial score (nSPS) is 25.2. The minimum atomic E-state index is -3.05. The summed E-state index contributed by atoms with van der Waals surface area (Å²) >= 11 is 0. The molecular formula is C31H32F6N4O4. The highest BCUT2D eigenvalue weighted by Crippen LogP contribution is 2.63. The number of halogens is 6. The van der Waals surface area contributed by atoms with Gasteiger partial charge in [-0.15, -0.1) is 0 Å². The molecule has 14 heteroatoms. The second kappa shape index (κ2) is 10.9. The van der Waals surface area contributed by atoms with Gasteiger partial charge in [0.1, 0.15) is 17.4 Å². The predicted octanol–water partition coefficient (Wildman–Crippen LogP) is 8.27. The van der Waals surface area contributed by atoms with Crippen molar-refractivity contribution in [2.75, 3.05) is 4.90 Å². The van der Waals surface area contributed by atoms with E-state index >= 15 is 4.39 Å². The highest BCUT2D eigenvalue weighted by molar-refractivity contribution is 5.87. The molecule has 45 heavy (non-hydrogen) atoms. The Morgan fingerprint density at radius 1 is 1.09 bits per heavy atom. The third-order valence-corrected chi connectivity index (χ3v) is 9.87. The van der Waals surface area contributed by atoms with Gasteiger partial charge in [0.25, 0.3) is 5.89 Å². The van der Waals surface area contributed by atoms with Crippen molar-refractivity contribution in [1.29, 1.82) is 0 Å². The first kappa shape index (κ1) is 31.2. The molecule has 4 fully saturated rings. The Labute approximate surface area is 254 Å². The third kappa shape index (κ3) is 5.71. The zero-order chi connectivity index (χ0) is 32.4. The lowest BCUT2D eigenvalue weighted by atomic mass is 9.48. The molecule has 4 saturated carbocycles. The quantitative estimate of drug-likeness (QED) is 0.236. The second-order valence-electron chi connectivity index (χ2n) is 13.1. The van der Waals surface area contributed by atoms with Crippen molar-refractivity contribution in [3.05, 3.63) is 54.1 Å². The van der Waals surface area contributed by atoms with E-state index in [1.165, 1.54) is 44.2 Å². The first-order chi connectivity index (χ1) is 21.1. The van der Waals surface area contributed by atoms with Crippen LogP contribution in [0.1, 0.15) is 76.9 Å². The summed E-state index contributed by atoms with van der Waals surface area (Å²) in [5.74, 6) is -4.39. The van der Waals surface area contributed by atoms with E-state index in [1.807, 2.05) is 0 Å². The molecule has 2 heterocycles. The van der Waals surface area contributed by atoms with Crippen molar-refractivity contribution < 1.29 is 45.5 Å². The van der Waals surface area contributed by atoms with Crippen molar-refractivity contribution >= 4 is 11.9 Å². The van der Waals surface area contributed by atoms with Gasteiger partial charge in [0.2, 0.25) is 5.92 Å². The van der Waals surface area contributed by atoms with Crippen LogP contribution in [0.5, 0.6) is 5.75 Å². The van der Waals surface area contributed by atoms with E-state index in [1.54, 1.807) is 0 Å². The van der Waals surface area contributed by atoms with Gasteiger partial charge >= 0.3 is 12.7 Å². The van der Waals surface area contributed by atoms with Crippen LogP contribution in [0.3, 0.4) is 0 Å². The molecule has 2 bridgehead atoms. The highest BCUT2D eigenvalue weighted by atomic mass is 19.3. The van der Waals surface area contributed by atoms with Crippen LogP contribution >= 0.6 is 0 Å². The number of rotatable bonds is 9. The molecule has 1 amide bonds. The Hall–Kier alpha value is -3.84. The second-order valence-corrected chi connectivity index (χ2v) is 13.1. The van der Waals surface area contributed by atoms with Crippen LogP contribution in [0.25, 0.3) is 11.1 Å². The zero-order valence-corrected chi connectivity index (χ0v) is 24.6. The first-order valence-electron chi connectivity index (χ1n) is 14.8. The monoisotopic (exact) mass is 638 g/mol. The standard InChI is InChI=1S/C31H32F6N4O4/c1-28(2,35)25-39-24(40-45-25)30-10-7-29(8-11-30,9-12-30)23(18-14-31(36,37)15-18)41(27(42)43)22-13-20(21(32)16-38-22)17-3-5-19(6-4-17)44-26(33)34/h3-6,13,16,18,23,26H,7-12,14-15H2,1-2H3,(H,42,43). The molecule has 1 unspecified atom stereocenters. The summed E-state index contributed by atoms with van der Waals surface area (Å²) < 4.78 is 92.9. The molecule has 0 saturated heterocycles. The number of amides is 1. The molecule has 7 rings (SSSR count). The van der Waals surface area contributed by atoms with Crippen LogP contribution in [0.15, 0.2) is 41.1 Å². The Morgan fingerprint density at radius 3 is 2.22 bits per heavy atom. The van der Waals surface area contributed by atoms with E-state index < -0.39 is 65.7 Å². The van der Waals surface area contributed by atoms with E-state index in [-0.39, 0.29) is 28.6 Å². The lowest BCUT2D eigenvalue weighted by Crippen LogP contribution is -2.62. The Morgan fingerprint density at radius 2 is 1.71 bits per heavy atom. The molecule has 3 aromatic rings. The Balaban J connectivity index is 1.33. The van der Waals surface area contributed by atoms with Gasteiger partial charge in [0, 0.05) is 23.8 Å². The molecule has 1 aromatic carbocycles. The topological polar surface area (TPSA) is 102 Å². The molecule has 0 aliphatic heterocycles. The lowest BCUT2D eigenvalue weighted by molar-refractivity contribution is -0.137. The first-order valence-corrected chi connectivity index (χ1v) is 14.8. The summed E-state index contributed by atoms with van der Waals surface area (Å²) in [5.41, 5.74) is -2.79. The average molecular weight is 639 g/mol. The molecule has 4 aliphatic rings. The molecule has 0 radical (unpaired) electrons. The van der Waals surface area contributed by atoms with Gasteiger partial charge in [-0.25, -0.2) is 27.3 Å². The van der Waals surface area contributed by atoms with E-state index in [9.17, 15) is 31.9 Å². The fraction of sp³-hybridized carbons (Fsp3) is 0.548. The minimum Gasteiger partial charge on any atom is -0.465 e. The summed E-state index contributed by atoms with van der Waals surface area (Å²) in [6, 6.07) is 5.51. The minimum absolute atomic E-state index is 0.0416. The van der Waals surface area contributed by atoms with Crippen LogP contribution < -0.4 is 9.64 Å². The molecule has 1 atom stereocenters. The molecule has 1 N–H and O–H groups in total. The fourth-order valence-electron chi connectivity index (χ4n) is 7.55. The number of fused-ring (bicyclic) bond motifs is 3. The van der Waals surface area contributed by atoms with E-state index in [0.717, 1.165) is 11.1 Å².